The first-order valence-corrected chi connectivity index (χ1v) is 5.56. The van der Waals surface area contributed by atoms with Gasteiger partial charge in [-0.15, -0.1) is 11.3 Å². The lowest BCUT2D eigenvalue weighted by Gasteiger charge is -2.06. The maximum Gasteiger partial charge on any atom is 0.380 e. The molecule has 3 nitrogen and oxygen atoms in total. The number of thiazole rings is 1. The molecule has 1 heterocycles. The molecule has 0 fully saturated rings. The summed E-state index contributed by atoms with van der Waals surface area (Å²) in [6.45, 7) is 0. The van der Waals surface area contributed by atoms with Gasteiger partial charge in [0.25, 0.3) is 0 Å². The second-order valence-corrected chi connectivity index (χ2v) is 4.45. The topological polar surface area (TPSA) is 50.2 Å². The van der Waals surface area contributed by atoms with Crippen molar-refractivity contribution in [2.45, 2.75) is 5.92 Å². The van der Waals surface area contributed by atoms with Gasteiger partial charge in [0, 0.05) is 11.8 Å². The number of halogens is 3. The van der Waals surface area contributed by atoms with E-state index in [9.17, 15) is 18.0 Å². The summed E-state index contributed by atoms with van der Waals surface area (Å²) < 4.78 is 39.1. The molecule has 0 aliphatic carbocycles. The van der Waals surface area contributed by atoms with Gasteiger partial charge in [-0.2, -0.15) is 8.78 Å². The van der Waals surface area contributed by atoms with E-state index in [0.29, 0.717) is 16.9 Å². The number of hydrogen-bond acceptors (Lipinski definition) is 3. The first kappa shape index (κ1) is 12.6. The van der Waals surface area contributed by atoms with Crippen LogP contribution in [-0.4, -0.2) is 16.1 Å². The van der Waals surface area contributed by atoms with Gasteiger partial charge in [0.1, 0.15) is 15.7 Å². The highest BCUT2D eigenvalue weighted by atomic mass is 32.1. The summed E-state index contributed by atoms with van der Waals surface area (Å²) in [6, 6.07) is 5.12. The Labute approximate surface area is 104 Å². The molecule has 0 atom stereocenters. The molecule has 7 heteroatoms. The zero-order valence-corrected chi connectivity index (χ0v) is 9.55. The Morgan fingerprint density at radius 1 is 1.28 bits per heavy atom. The van der Waals surface area contributed by atoms with Crippen LogP contribution >= 0.6 is 11.3 Å². The smallest absolute Gasteiger partial charge is 0.380 e. The van der Waals surface area contributed by atoms with Crippen LogP contribution in [0.25, 0.3) is 10.6 Å². The van der Waals surface area contributed by atoms with Crippen LogP contribution in [0.5, 0.6) is 0 Å². The highest BCUT2D eigenvalue weighted by Crippen LogP contribution is 2.35. The van der Waals surface area contributed by atoms with Gasteiger partial charge in [-0.1, -0.05) is 0 Å². The third kappa shape index (κ3) is 2.21. The zero-order valence-electron chi connectivity index (χ0n) is 8.73. The van der Waals surface area contributed by atoms with Gasteiger partial charge in [-0.3, -0.25) is 0 Å². The highest BCUT2D eigenvalue weighted by molar-refractivity contribution is 7.15. The lowest BCUT2D eigenvalue weighted by molar-refractivity contribution is -0.165. The van der Waals surface area contributed by atoms with E-state index in [1.54, 1.807) is 0 Å². The maximum atomic E-state index is 13.2. The number of alkyl halides is 2. The molecule has 0 saturated carbocycles. The predicted octanol–water partition coefficient (Wildman–Crippen LogP) is 3.13. The number of nitrogens with zero attached hydrogens (tertiary/aromatic N) is 1. The molecule has 2 rings (SSSR count). The van der Waals surface area contributed by atoms with Crippen molar-refractivity contribution in [2.24, 2.45) is 0 Å². The molecule has 1 aromatic heterocycles. The Kier molecular flexibility index (Phi) is 3.08. The van der Waals surface area contributed by atoms with Crippen LogP contribution in [0.3, 0.4) is 0 Å². The molecular formula is C11H6F3NO2S. The van der Waals surface area contributed by atoms with E-state index >= 15 is 0 Å². The van der Waals surface area contributed by atoms with Gasteiger partial charge in [-0.25, -0.2) is 14.2 Å². The summed E-state index contributed by atoms with van der Waals surface area (Å²) in [5, 5.41) is 8.60. The van der Waals surface area contributed by atoms with Gasteiger partial charge >= 0.3 is 11.9 Å². The van der Waals surface area contributed by atoms with Crippen LogP contribution in [0.4, 0.5) is 13.2 Å². The van der Waals surface area contributed by atoms with Crippen molar-refractivity contribution < 1.29 is 23.1 Å². The Hall–Kier alpha value is -1.89. The Balaban J connectivity index is 2.37. The number of benzene rings is 1. The fourth-order valence-corrected chi connectivity index (χ4v) is 2.14. The molecule has 1 aromatic carbocycles. The molecule has 0 radical (unpaired) electrons. The second-order valence-electron chi connectivity index (χ2n) is 3.42. The van der Waals surface area contributed by atoms with E-state index in [1.165, 1.54) is 24.3 Å². The quantitative estimate of drug-likeness (QED) is 0.934. The summed E-state index contributed by atoms with van der Waals surface area (Å²) in [4.78, 5) is 13.5. The molecule has 0 bridgehead atoms. The van der Waals surface area contributed by atoms with Crippen LogP contribution in [0.2, 0.25) is 0 Å². The van der Waals surface area contributed by atoms with Crippen LogP contribution in [0.1, 0.15) is 4.88 Å². The van der Waals surface area contributed by atoms with Gasteiger partial charge in [0.15, 0.2) is 0 Å². The molecular weight excluding hydrogens is 267 g/mol. The van der Waals surface area contributed by atoms with Crippen molar-refractivity contribution in [2.75, 3.05) is 0 Å². The van der Waals surface area contributed by atoms with Crippen molar-refractivity contribution >= 4 is 17.3 Å². The van der Waals surface area contributed by atoms with Crippen LogP contribution in [0.15, 0.2) is 30.5 Å². The van der Waals surface area contributed by atoms with Gasteiger partial charge in [-0.05, 0) is 24.3 Å². The highest BCUT2D eigenvalue weighted by Gasteiger charge is 2.43. The number of aliphatic carboxylic acids is 1. The van der Waals surface area contributed by atoms with E-state index in [2.05, 4.69) is 4.98 Å². The van der Waals surface area contributed by atoms with E-state index in [0.717, 1.165) is 6.20 Å². The number of rotatable bonds is 3. The number of aromatic nitrogens is 1. The van der Waals surface area contributed by atoms with E-state index in [1.807, 2.05) is 0 Å². The lowest BCUT2D eigenvalue weighted by Crippen LogP contribution is -2.23. The fourth-order valence-electron chi connectivity index (χ4n) is 1.25. The minimum atomic E-state index is -3.96. The molecule has 0 amide bonds. The molecule has 0 spiro atoms. The van der Waals surface area contributed by atoms with Crippen LogP contribution < -0.4 is 0 Å². The van der Waals surface area contributed by atoms with Gasteiger partial charge in [0.05, 0.1) is 0 Å². The average Bonchev–Trinajstić information content (AvgIpc) is 2.79. The minimum Gasteiger partial charge on any atom is -0.477 e. The molecule has 0 aliphatic heterocycles. The van der Waals surface area contributed by atoms with E-state index in [4.69, 9.17) is 5.11 Å². The van der Waals surface area contributed by atoms with Gasteiger partial charge in [0.2, 0.25) is 0 Å². The van der Waals surface area contributed by atoms with E-state index in [-0.39, 0.29) is 5.01 Å². The number of carboxylic acids is 1. The Morgan fingerprint density at radius 3 is 2.44 bits per heavy atom. The zero-order chi connectivity index (χ0) is 13.3. The summed E-state index contributed by atoms with van der Waals surface area (Å²) in [5.74, 6) is -6.64. The monoisotopic (exact) mass is 273 g/mol. The number of carboxylic acid groups (broad SMARTS) is 1. The Morgan fingerprint density at radius 2 is 1.89 bits per heavy atom. The molecule has 18 heavy (non-hydrogen) atoms. The number of carbonyl (C=O) groups is 1. The first-order chi connectivity index (χ1) is 8.41. The average molecular weight is 273 g/mol. The third-order valence-electron chi connectivity index (χ3n) is 2.17. The second kappa shape index (κ2) is 4.41. The number of hydrogen-bond donors (Lipinski definition) is 1. The largest absolute Gasteiger partial charge is 0.477 e. The normalized spacial score (nSPS) is 11.5. The summed E-state index contributed by atoms with van der Waals surface area (Å²) in [6.07, 6.45) is 0.817. The van der Waals surface area contributed by atoms with Crippen LogP contribution in [-0.2, 0) is 10.7 Å². The fraction of sp³-hybridized carbons (Fsp3) is 0.0909. The van der Waals surface area contributed by atoms with Crippen molar-refractivity contribution in [1.29, 1.82) is 0 Å². The molecule has 2 aromatic rings. The standard InChI is InChI=1S/C11H6F3NO2S/c12-7-3-1-6(2-4-7)9-15-5-8(18-9)11(13,14)10(16)17/h1-5H,(H,16,17). The van der Waals surface area contributed by atoms with Crippen LogP contribution in [0, 0.1) is 5.82 Å². The van der Waals surface area contributed by atoms with Crippen molar-refractivity contribution in [3.63, 3.8) is 0 Å². The summed E-state index contributed by atoms with van der Waals surface area (Å²) in [5.41, 5.74) is 0.453. The van der Waals surface area contributed by atoms with Crippen molar-refractivity contribution in [1.82, 2.24) is 4.98 Å². The van der Waals surface area contributed by atoms with Crippen molar-refractivity contribution in [3.05, 3.63) is 41.2 Å². The molecule has 0 aliphatic rings. The predicted molar refractivity (Wildman–Crippen MR) is 59.0 cm³/mol. The molecule has 0 saturated heterocycles. The van der Waals surface area contributed by atoms with E-state index < -0.39 is 22.6 Å². The summed E-state index contributed by atoms with van der Waals surface area (Å²) >= 11 is 0.563. The SMILES string of the molecule is O=C(O)C(F)(F)c1cnc(-c2ccc(F)cc2)s1. The maximum absolute atomic E-state index is 13.2. The Bertz CT molecular complexity index is 580. The summed E-state index contributed by atoms with van der Waals surface area (Å²) in [7, 11) is 0. The molecule has 94 valence electrons. The molecule has 0 unspecified atom stereocenters. The van der Waals surface area contributed by atoms with Gasteiger partial charge < -0.3 is 5.11 Å². The third-order valence-corrected chi connectivity index (χ3v) is 3.29. The molecule has 1 N–H and O–H groups in total. The minimum absolute atomic E-state index is 0.214. The lowest BCUT2D eigenvalue weighted by atomic mass is 10.2. The first-order valence-electron chi connectivity index (χ1n) is 4.74. The van der Waals surface area contributed by atoms with Crippen molar-refractivity contribution in [3.8, 4) is 10.6 Å².